The van der Waals surface area contributed by atoms with Crippen molar-refractivity contribution in [1.82, 2.24) is 0 Å². The van der Waals surface area contributed by atoms with E-state index >= 15 is 0 Å². The van der Waals surface area contributed by atoms with Gasteiger partial charge in [-0.3, -0.25) is 14.4 Å². The van der Waals surface area contributed by atoms with Gasteiger partial charge in [-0.1, -0.05) is 208 Å². The van der Waals surface area contributed by atoms with E-state index in [9.17, 15) is 14.4 Å². The fourth-order valence-electron chi connectivity index (χ4n) is 6.75. The summed E-state index contributed by atoms with van der Waals surface area (Å²) in [6, 6.07) is 0. The molecular formula is C46H88O6. The highest BCUT2D eigenvalue weighted by atomic mass is 16.6. The molecule has 0 aromatic rings. The molecule has 0 unspecified atom stereocenters. The second kappa shape index (κ2) is 39.1. The van der Waals surface area contributed by atoms with Crippen molar-refractivity contribution in [2.75, 3.05) is 13.2 Å². The molecule has 0 heterocycles. The number of unbranched alkanes of at least 4 members (excludes halogenated alkanes) is 25. The van der Waals surface area contributed by atoms with Gasteiger partial charge in [-0.15, -0.1) is 0 Å². The van der Waals surface area contributed by atoms with Crippen molar-refractivity contribution in [3.63, 3.8) is 0 Å². The minimum atomic E-state index is -0.760. The molecule has 6 nitrogen and oxygen atoms in total. The third-order valence-electron chi connectivity index (χ3n) is 10.2. The van der Waals surface area contributed by atoms with Gasteiger partial charge in [0.05, 0.1) is 0 Å². The molecule has 308 valence electrons. The maximum Gasteiger partial charge on any atom is 0.306 e. The standard InChI is InChI=1S/C46H88O6/c1-6-7-8-9-10-11-12-16-21-26-31-36-44(47)50-39-43(52-46(49)38-33-28-23-18-20-25-30-35-42(4)5)40-51-45(48)37-32-27-22-17-14-13-15-19-24-29-34-41(2)3/h41-43H,6-40H2,1-5H3/t43-/m1/s1. The van der Waals surface area contributed by atoms with Crippen molar-refractivity contribution < 1.29 is 28.6 Å². The van der Waals surface area contributed by atoms with E-state index in [0.717, 1.165) is 69.6 Å². The quantitative estimate of drug-likeness (QED) is 0.0354. The summed E-state index contributed by atoms with van der Waals surface area (Å²) in [4.78, 5) is 37.7. The van der Waals surface area contributed by atoms with Gasteiger partial charge < -0.3 is 14.2 Å². The van der Waals surface area contributed by atoms with Crippen LogP contribution in [0.1, 0.15) is 247 Å². The molecule has 0 rings (SSSR count). The van der Waals surface area contributed by atoms with Gasteiger partial charge in [0.2, 0.25) is 0 Å². The highest BCUT2D eigenvalue weighted by molar-refractivity contribution is 5.71. The fraction of sp³-hybridized carbons (Fsp3) is 0.935. The Morgan fingerprint density at radius 1 is 0.365 bits per heavy atom. The Balaban J connectivity index is 4.32. The maximum absolute atomic E-state index is 12.7. The molecule has 0 amide bonds. The Bertz CT molecular complexity index is 794. The molecule has 0 aromatic heterocycles. The highest BCUT2D eigenvalue weighted by Gasteiger charge is 2.19. The Hall–Kier alpha value is -1.59. The van der Waals surface area contributed by atoms with Crippen LogP contribution in [0.25, 0.3) is 0 Å². The molecule has 52 heavy (non-hydrogen) atoms. The monoisotopic (exact) mass is 737 g/mol. The Morgan fingerprint density at radius 3 is 0.942 bits per heavy atom. The first-order chi connectivity index (χ1) is 25.2. The molecule has 0 aliphatic heterocycles. The van der Waals surface area contributed by atoms with Crippen molar-refractivity contribution in [1.29, 1.82) is 0 Å². The maximum atomic E-state index is 12.7. The number of ether oxygens (including phenoxy) is 3. The molecule has 6 heteroatoms. The van der Waals surface area contributed by atoms with E-state index in [4.69, 9.17) is 14.2 Å². The van der Waals surface area contributed by atoms with E-state index in [1.165, 1.54) is 135 Å². The zero-order valence-corrected chi connectivity index (χ0v) is 35.4. The third kappa shape index (κ3) is 39.6. The Labute approximate surface area is 323 Å². The fourth-order valence-corrected chi connectivity index (χ4v) is 6.75. The molecule has 0 aliphatic rings. The van der Waals surface area contributed by atoms with Crippen LogP contribution in [0.15, 0.2) is 0 Å². The van der Waals surface area contributed by atoms with E-state index in [2.05, 4.69) is 34.6 Å². The van der Waals surface area contributed by atoms with Crippen molar-refractivity contribution in [3.8, 4) is 0 Å². The van der Waals surface area contributed by atoms with Crippen LogP contribution in [0.3, 0.4) is 0 Å². The van der Waals surface area contributed by atoms with Gasteiger partial charge in [-0.05, 0) is 31.1 Å². The van der Waals surface area contributed by atoms with Crippen LogP contribution in [0, 0.1) is 11.8 Å². The van der Waals surface area contributed by atoms with Gasteiger partial charge in [0.15, 0.2) is 6.10 Å². The number of carbonyl (C=O) groups is 3. The summed E-state index contributed by atoms with van der Waals surface area (Å²) in [5.74, 6) is 0.735. The van der Waals surface area contributed by atoms with Crippen molar-refractivity contribution in [2.45, 2.75) is 253 Å². The summed E-state index contributed by atoms with van der Waals surface area (Å²) in [6.45, 7) is 11.3. The first-order valence-corrected chi connectivity index (χ1v) is 22.7. The summed E-state index contributed by atoms with van der Waals surface area (Å²) < 4.78 is 16.7. The molecule has 0 saturated carbocycles. The average Bonchev–Trinajstić information content (AvgIpc) is 3.11. The SMILES string of the molecule is CCCCCCCCCCCCCC(=O)OC[C@H](COC(=O)CCCCCCCCCCCCC(C)C)OC(=O)CCCCCCCCCC(C)C. The highest BCUT2D eigenvalue weighted by Crippen LogP contribution is 2.16. The molecule has 1 atom stereocenters. The van der Waals surface area contributed by atoms with Gasteiger partial charge in [-0.2, -0.15) is 0 Å². The van der Waals surface area contributed by atoms with Crippen molar-refractivity contribution in [3.05, 3.63) is 0 Å². The lowest BCUT2D eigenvalue weighted by molar-refractivity contribution is -0.167. The van der Waals surface area contributed by atoms with Gasteiger partial charge in [0, 0.05) is 19.3 Å². The number of rotatable bonds is 40. The minimum absolute atomic E-state index is 0.0655. The lowest BCUT2D eigenvalue weighted by Gasteiger charge is -2.18. The van der Waals surface area contributed by atoms with Crippen molar-refractivity contribution in [2.24, 2.45) is 11.8 Å². The molecule has 0 bridgehead atoms. The summed E-state index contributed by atoms with van der Waals surface area (Å²) in [7, 11) is 0. The number of hydrogen-bond donors (Lipinski definition) is 0. The van der Waals surface area contributed by atoms with E-state index in [0.29, 0.717) is 19.3 Å². The third-order valence-corrected chi connectivity index (χ3v) is 10.2. The topological polar surface area (TPSA) is 78.9 Å². The van der Waals surface area contributed by atoms with Crippen LogP contribution in [0.5, 0.6) is 0 Å². The molecule has 0 radical (unpaired) electrons. The molecule has 0 spiro atoms. The Kier molecular flexibility index (Phi) is 37.9. The smallest absolute Gasteiger partial charge is 0.306 e. The summed E-state index contributed by atoms with van der Waals surface area (Å²) in [6.07, 6.45) is 36.6. The lowest BCUT2D eigenvalue weighted by Crippen LogP contribution is -2.30. The second-order valence-corrected chi connectivity index (χ2v) is 16.6. The Morgan fingerprint density at radius 2 is 0.635 bits per heavy atom. The van der Waals surface area contributed by atoms with Gasteiger partial charge in [0.25, 0.3) is 0 Å². The molecule has 0 fully saturated rings. The van der Waals surface area contributed by atoms with Crippen LogP contribution in [-0.2, 0) is 28.6 Å². The second-order valence-electron chi connectivity index (χ2n) is 16.6. The predicted molar refractivity (Wildman–Crippen MR) is 220 cm³/mol. The summed E-state index contributed by atoms with van der Waals surface area (Å²) in [5, 5.41) is 0. The largest absolute Gasteiger partial charge is 0.462 e. The molecule has 0 aromatic carbocycles. The first-order valence-electron chi connectivity index (χ1n) is 22.7. The van der Waals surface area contributed by atoms with E-state index in [-0.39, 0.29) is 31.1 Å². The van der Waals surface area contributed by atoms with E-state index in [1.54, 1.807) is 0 Å². The van der Waals surface area contributed by atoms with Gasteiger partial charge in [0.1, 0.15) is 13.2 Å². The van der Waals surface area contributed by atoms with Crippen LogP contribution in [0.4, 0.5) is 0 Å². The van der Waals surface area contributed by atoms with E-state index < -0.39 is 6.10 Å². The van der Waals surface area contributed by atoms with Crippen LogP contribution in [0.2, 0.25) is 0 Å². The molecule has 0 saturated heterocycles. The number of hydrogen-bond acceptors (Lipinski definition) is 6. The zero-order chi connectivity index (χ0) is 38.3. The van der Waals surface area contributed by atoms with Gasteiger partial charge >= 0.3 is 17.9 Å². The lowest BCUT2D eigenvalue weighted by atomic mass is 10.0. The number of carbonyl (C=O) groups excluding carboxylic acids is 3. The normalized spacial score (nSPS) is 12.1. The molecule has 0 N–H and O–H groups in total. The number of esters is 3. The summed E-state index contributed by atoms with van der Waals surface area (Å²) in [5.41, 5.74) is 0. The molecule has 0 aliphatic carbocycles. The van der Waals surface area contributed by atoms with Crippen LogP contribution < -0.4 is 0 Å². The average molecular weight is 737 g/mol. The van der Waals surface area contributed by atoms with E-state index in [1.807, 2.05) is 0 Å². The minimum Gasteiger partial charge on any atom is -0.462 e. The predicted octanol–water partition coefficient (Wildman–Crippen LogP) is 14.2. The van der Waals surface area contributed by atoms with Crippen LogP contribution in [-0.4, -0.2) is 37.2 Å². The first kappa shape index (κ1) is 50.4. The molecular weight excluding hydrogens is 648 g/mol. The zero-order valence-electron chi connectivity index (χ0n) is 35.4. The van der Waals surface area contributed by atoms with Crippen molar-refractivity contribution >= 4 is 17.9 Å². The van der Waals surface area contributed by atoms with Crippen LogP contribution >= 0.6 is 0 Å². The summed E-state index contributed by atoms with van der Waals surface area (Å²) >= 11 is 0. The van der Waals surface area contributed by atoms with Gasteiger partial charge in [-0.25, -0.2) is 0 Å².